The van der Waals surface area contributed by atoms with Crippen LogP contribution in [0.1, 0.15) is 5.56 Å². The van der Waals surface area contributed by atoms with Gasteiger partial charge in [-0.05, 0) is 60.2 Å². The smallest absolute Gasteiger partial charge is 0.493 e. The summed E-state index contributed by atoms with van der Waals surface area (Å²) >= 11 is 0. The number of alkyl halides is 3. The van der Waals surface area contributed by atoms with Crippen LogP contribution in [0.3, 0.4) is 0 Å². The minimum Gasteiger partial charge on any atom is -0.493 e. The summed E-state index contributed by atoms with van der Waals surface area (Å²) in [5.41, 5.74) is 2.86. The molecule has 0 spiro atoms. The number of anilines is 1. The standard InChI is InChI=1S/C27H24F4N2O3/c1-34-25-15-18(17-32-10-12-33(13-11-32)23-5-3-2-4-22(23)28)14-20-16-24(35-26(20)25)19-6-8-21(9-7-19)36-27(29,30)31/h2-9,14-16H,10-13,17H2,1H3. The predicted molar refractivity (Wildman–Crippen MR) is 129 cm³/mol. The van der Waals surface area contributed by atoms with Gasteiger partial charge in [0, 0.05) is 43.7 Å². The molecule has 0 amide bonds. The Bertz CT molecular complexity index is 1340. The molecule has 1 saturated heterocycles. The van der Waals surface area contributed by atoms with Crippen molar-refractivity contribution in [3.8, 4) is 22.8 Å². The number of hydrogen-bond donors (Lipinski definition) is 0. The van der Waals surface area contributed by atoms with Crippen LogP contribution in [-0.4, -0.2) is 44.6 Å². The van der Waals surface area contributed by atoms with E-state index in [-0.39, 0.29) is 11.6 Å². The average Bonchev–Trinajstić information content (AvgIpc) is 3.28. The van der Waals surface area contributed by atoms with Crippen molar-refractivity contribution in [2.24, 2.45) is 0 Å². The lowest BCUT2D eigenvalue weighted by Crippen LogP contribution is -2.46. The van der Waals surface area contributed by atoms with Crippen LogP contribution >= 0.6 is 0 Å². The number of para-hydroxylation sites is 1. The number of hydrogen-bond acceptors (Lipinski definition) is 5. The highest BCUT2D eigenvalue weighted by Gasteiger charge is 2.31. The van der Waals surface area contributed by atoms with E-state index in [4.69, 9.17) is 9.15 Å². The van der Waals surface area contributed by atoms with E-state index in [1.54, 1.807) is 19.2 Å². The molecule has 9 heteroatoms. The van der Waals surface area contributed by atoms with Gasteiger partial charge in [-0.3, -0.25) is 4.90 Å². The third-order valence-corrected chi connectivity index (χ3v) is 6.21. The van der Waals surface area contributed by atoms with Crippen molar-refractivity contribution in [3.63, 3.8) is 0 Å². The zero-order chi connectivity index (χ0) is 25.3. The summed E-state index contributed by atoms with van der Waals surface area (Å²) in [5, 5.41) is 0.833. The number of fused-ring (bicyclic) bond motifs is 1. The third-order valence-electron chi connectivity index (χ3n) is 6.21. The molecule has 2 heterocycles. The van der Waals surface area contributed by atoms with Crippen LogP contribution in [0.4, 0.5) is 23.2 Å². The van der Waals surface area contributed by atoms with Gasteiger partial charge in [0.05, 0.1) is 12.8 Å². The van der Waals surface area contributed by atoms with E-state index in [1.165, 1.54) is 30.3 Å². The summed E-state index contributed by atoms with van der Waals surface area (Å²) in [4.78, 5) is 4.36. The molecule has 4 aromatic rings. The minimum absolute atomic E-state index is 0.209. The molecule has 3 aromatic carbocycles. The molecule has 0 N–H and O–H groups in total. The van der Waals surface area contributed by atoms with Gasteiger partial charge in [0.15, 0.2) is 11.3 Å². The number of ether oxygens (including phenoxy) is 2. The van der Waals surface area contributed by atoms with Crippen molar-refractivity contribution in [1.82, 2.24) is 4.90 Å². The Hall–Kier alpha value is -3.72. The molecule has 5 nitrogen and oxygen atoms in total. The fourth-order valence-electron chi connectivity index (χ4n) is 4.50. The molecule has 0 unspecified atom stereocenters. The SMILES string of the molecule is COc1cc(CN2CCN(c3ccccc3F)CC2)cc2cc(-c3ccc(OC(F)(F)F)cc3)oc12. The molecular formula is C27H24F4N2O3. The van der Waals surface area contributed by atoms with Gasteiger partial charge in [0.1, 0.15) is 17.3 Å². The first kappa shape index (κ1) is 24.0. The second-order valence-electron chi connectivity index (χ2n) is 8.61. The first-order valence-corrected chi connectivity index (χ1v) is 11.5. The van der Waals surface area contributed by atoms with E-state index in [1.807, 2.05) is 24.3 Å². The number of methoxy groups -OCH3 is 1. The van der Waals surface area contributed by atoms with Crippen molar-refractivity contribution >= 4 is 16.7 Å². The second kappa shape index (κ2) is 9.73. The summed E-state index contributed by atoms with van der Waals surface area (Å²) in [7, 11) is 1.57. The predicted octanol–water partition coefficient (Wildman–Crippen LogP) is 6.47. The van der Waals surface area contributed by atoms with Crippen LogP contribution in [0.5, 0.6) is 11.5 Å². The summed E-state index contributed by atoms with van der Waals surface area (Å²) in [6.45, 7) is 3.73. The molecule has 1 aromatic heterocycles. The van der Waals surface area contributed by atoms with Gasteiger partial charge in [-0.2, -0.15) is 0 Å². The van der Waals surface area contributed by atoms with E-state index in [2.05, 4.69) is 14.5 Å². The maximum atomic E-state index is 14.1. The number of furan rings is 1. The van der Waals surface area contributed by atoms with Crippen molar-refractivity contribution in [3.05, 3.63) is 78.1 Å². The van der Waals surface area contributed by atoms with Crippen molar-refractivity contribution in [2.75, 3.05) is 38.2 Å². The minimum atomic E-state index is -4.74. The van der Waals surface area contributed by atoms with E-state index in [9.17, 15) is 17.6 Å². The maximum absolute atomic E-state index is 14.1. The Morgan fingerprint density at radius 1 is 0.917 bits per heavy atom. The third kappa shape index (κ3) is 5.26. The van der Waals surface area contributed by atoms with Crippen LogP contribution in [0.15, 0.2) is 71.1 Å². The molecule has 0 saturated carbocycles. The first-order chi connectivity index (χ1) is 17.3. The Kier molecular flexibility index (Phi) is 6.49. The Morgan fingerprint density at radius 2 is 1.64 bits per heavy atom. The highest BCUT2D eigenvalue weighted by Crippen LogP contribution is 2.36. The quantitative estimate of drug-likeness (QED) is 0.284. The molecule has 0 aliphatic carbocycles. The highest BCUT2D eigenvalue weighted by atomic mass is 19.4. The van der Waals surface area contributed by atoms with E-state index < -0.39 is 6.36 Å². The summed E-state index contributed by atoms with van der Waals surface area (Å²) in [6, 6.07) is 18.1. The van der Waals surface area contributed by atoms with Crippen molar-refractivity contribution in [2.45, 2.75) is 12.9 Å². The number of halogens is 4. The fourth-order valence-corrected chi connectivity index (χ4v) is 4.50. The van der Waals surface area contributed by atoms with Crippen molar-refractivity contribution in [1.29, 1.82) is 0 Å². The average molecular weight is 500 g/mol. The van der Waals surface area contributed by atoms with Gasteiger partial charge in [0.2, 0.25) is 0 Å². The Labute approximate surface area is 205 Å². The molecule has 5 rings (SSSR count). The van der Waals surface area contributed by atoms with Crippen LogP contribution in [-0.2, 0) is 6.54 Å². The van der Waals surface area contributed by atoms with Gasteiger partial charge in [0.25, 0.3) is 0 Å². The van der Waals surface area contributed by atoms with Crippen LogP contribution in [0, 0.1) is 5.82 Å². The second-order valence-corrected chi connectivity index (χ2v) is 8.61. The Morgan fingerprint density at radius 3 is 2.31 bits per heavy atom. The molecule has 36 heavy (non-hydrogen) atoms. The zero-order valence-corrected chi connectivity index (χ0v) is 19.5. The monoisotopic (exact) mass is 500 g/mol. The van der Waals surface area contributed by atoms with Gasteiger partial charge >= 0.3 is 6.36 Å². The van der Waals surface area contributed by atoms with Gasteiger partial charge in [-0.25, -0.2) is 4.39 Å². The molecule has 0 bridgehead atoms. The molecule has 0 atom stereocenters. The van der Waals surface area contributed by atoms with E-state index in [0.717, 1.165) is 37.1 Å². The lowest BCUT2D eigenvalue weighted by Gasteiger charge is -2.36. The van der Waals surface area contributed by atoms with Crippen LogP contribution < -0.4 is 14.4 Å². The summed E-state index contributed by atoms with van der Waals surface area (Å²) in [5.74, 6) is 0.588. The molecule has 1 aliphatic rings. The lowest BCUT2D eigenvalue weighted by molar-refractivity contribution is -0.274. The Balaban J connectivity index is 1.31. The lowest BCUT2D eigenvalue weighted by atomic mass is 10.1. The van der Waals surface area contributed by atoms with Crippen LogP contribution in [0.2, 0.25) is 0 Å². The highest BCUT2D eigenvalue weighted by molar-refractivity contribution is 5.88. The fraction of sp³-hybridized carbons (Fsp3) is 0.259. The number of benzene rings is 3. The van der Waals surface area contributed by atoms with Gasteiger partial charge in [-0.15, -0.1) is 13.2 Å². The van der Waals surface area contributed by atoms with E-state index >= 15 is 0 Å². The normalized spacial score (nSPS) is 14.9. The molecular weight excluding hydrogens is 476 g/mol. The largest absolute Gasteiger partial charge is 0.573 e. The zero-order valence-electron chi connectivity index (χ0n) is 19.5. The molecule has 0 radical (unpaired) electrons. The molecule has 1 aliphatic heterocycles. The molecule has 1 fully saturated rings. The van der Waals surface area contributed by atoms with Gasteiger partial charge < -0.3 is 18.8 Å². The number of piperazine rings is 1. The maximum Gasteiger partial charge on any atom is 0.573 e. The summed E-state index contributed by atoms with van der Waals surface area (Å²) in [6.07, 6.45) is -4.74. The van der Waals surface area contributed by atoms with Gasteiger partial charge in [-0.1, -0.05) is 12.1 Å². The topological polar surface area (TPSA) is 38.1 Å². The van der Waals surface area contributed by atoms with E-state index in [0.29, 0.717) is 34.9 Å². The number of rotatable bonds is 6. The number of nitrogens with zero attached hydrogens (tertiary/aromatic N) is 2. The van der Waals surface area contributed by atoms with Crippen molar-refractivity contribution < 1.29 is 31.5 Å². The first-order valence-electron chi connectivity index (χ1n) is 11.5. The summed E-state index contributed by atoms with van der Waals surface area (Å²) < 4.78 is 66.9. The van der Waals surface area contributed by atoms with Crippen LogP contribution in [0.25, 0.3) is 22.3 Å². The molecule has 188 valence electrons.